The van der Waals surface area contributed by atoms with Crippen LogP contribution in [0.5, 0.6) is 5.75 Å². The van der Waals surface area contributed by atoms with Crippen LogP contribution in [0.15, 0.2) is 24.3 Å². The highest BCUT2D eigenvalue weighted by Crippen LogP contribution is 2.11. The number of hydrogen-bond acceptors (Lipinski definition) is 4. The summed E-state index contributed by atoms with van der Waals surface area (Å²) < 4.78 is 0. The molecule has 1 saturated heterocycles. The fraction of sp³-hybridized carbons (Fsp3) is 0.500. The topological polar surface area (TPSA) is 64.5 Å². The van der Waals surface area contributed by atoms with E-state index in [2.05, 4.69) is 10.6 Å². The van der Waals surface area contributed by atoms with Crippen molar-refractivity contribution in [1.82, 2.24) is 10.6 Å². The Morgan fingerprint density at radius 3 is 2.94 bits per heavy atom. The van der Waals surface area contributed by atoms with Gasteiger partial charge in [-0.2, -0.15) is 0 Å². The molecule has 0 aromatic heterocycles. The van der Waals surface area contributed by atoms with Crippen molar-refractivity contribution in [3.63, 3.8) is 0 Å². The lowest BCUT2D eigenvalue weighted by atomic mass is 10.1. The molecule has 88 valence electrons. The summed E-state index contributed by atoms with van der Waals surface area (Å²) in [7, 11) is 0. The lowest BCUT2D eigenvalue weighted by Gasteiger charge is -2.14. The highest BCUT2D eigenvalue weighted by molar-refractivity contribution is 5.26. The molecule has 4 heteroatoms. The Kier molecular flexibility index (Phi) is 3.77. The van der Waals surface area contributed by atoms with Crippen molar-refractivity contribution in [3.8, 4) is 5.75 Å². The molecule has 0 saturated carbocycles. The Labute approximate surface area is 95.3 Å². The molecule has 1 aromatic rings. The van der Waals surface area contributed by atoms with Gasteiger partial charge in [0.15, 0.2) is 0 Å². The van der Waals surface area contributed by atoms with Gasteiger partial charge in [0.05, 0.1) is 6.10 Å². The SMILES string of the molecule is Oc1cccc(CNCC2CNCC2O)c1. The van der Waals surface area contributed by atoms with Crippen LogP contribution in [0.2, 0.25) is 0 Å². The summed E-state index contributed by atoms with van der Waals surface area (Å²) in [6.07, 6.45) is -0.239. The van der Waals surface area contributed by atoms with Crippen molar-refractivity contribution in [2.75, 3.05) is 19.6 Å². The minimum Gasteiger partial charge on any atom is -0.508 e. The summed E-state index contributed by atoms with van der Waals surface area (Å²) in [5, 5.41) is 25.3. The van der Waals surface area contributed by atoms with Gasteiger partial charge in [-0.3, -0.25) is 0 Å². The quantitative estimate of drug-likeness (QED) is 0.582. The number of nitrogens with one attached hydrogen (secondary N) is 2. The van der Waals surface area contributed by atoms with Gasteiger partial charge in [0.1, 0.15) is 5.75 Å². The van der Waals surface area contributed by atoms with Crippen molar-refractivity contribution in [3.05, 3.63) is 29.8 Å². The number of benzene rings is 1. The highest BCUT2D eigenvalue weighted by Gasteiger charge is 2.23. The third-order valence-electron chi connectivity index (χ3n) is 2.95. The number of aliphatic hydroxyl groups excluding tert-OH is 1. The van der Waals surface area contributed by atoms with Crippen molar-refractivity contribution in [1.29, 1.82) is 0 Å². The maximum atomic E-state index is 9.59. The number of hydrogen-bond donors (Lipinski definition) is 4. The van der Waals surface area contributed by atoms with Gasteiger partial charge in [-0.25, -0.2) is 0 Å². The lowest BCUT2D eigenvalue weighted by Crippen LogP contribution is -2.30. The van der Waals surface area contributed by atoms with Crippen LogP contribution in [0.25, 0.3) is 0 Å². The summed E-state index contributed by atoms with van der Waals surface area (Å²) in [5.74, 6) is 0.583. The second-order valence-electron chi connectivity index (χ2n) is 4.29. The molecule has 1 heterocycles. The average Bonchev–Trinajstić information content (AvgIpc) is 2.65. The second-order valence-corrected chi connectivity index (χ2v) is 4.29. The smallest absolute Gasteiger partial charge is 0.115 e. The zero-order chi connectivity index (χ0) is 11.4. The first-order valence-electron chi connectivity index (χ1n) is 5.63. The number of β-amino-alcohol motifs (C(OH)–C–C–N with tert-alkyl or cyclic N) is 1. The van der Waals surface area contributed by atoms with Crippen LogP contribution in [0.3, 0.4) is 0 Å². The van der Waals surface area contributed by atoms with Crippen LogP contribution in [0.4, 0.5) is 0 Å². The molecular weight excluding hydrogens is 204 g/mol. The molecule has 1 fully saturated rings. The van der Waals surface area contributed by atoms with Crippen LogP contribution < -0.4 is 10.6 Å². The fourth-order valence-corrected chi connectivity index (χ4v) is 2.00. The minimum atomic E-state index is -0.239. The molecule has 0 amide bonds. The predicted molar refractivity (Wildman–Crippen MR) is 62.2 cm³/mol. The van der Waals surface area contributed by atoms with E-state index >= 15 is 0 Å². The van der Waals surface area contributed by atoms with Crippen molar-refractivity contribution in [2.45, 2.75) is 12.6 Å². The molecule has 4 N–H and O–H groups in total. The molecular formula is C12H18N2O2. The van der Waals surface area contributed by atoms with Crippen LogP contribution in [0.1, 0.15) is 5.56 Å². The standard InChI is InChI=1S/C12H18N2O2/c15-11-3-1-2-9(4-11)5-13-6-10-7-14-8-12(10)16/h1-4,10,12-16H,5-8H2. The van der Waals surface area contributed by atoms with Crippen molar-refractivity contribution in [2.24, 2.45) is 5.92 Å². The Morgan fingerprint density at radius 1 is 1.38 bits per heavy atom. The minimum absolute atomic E-state index is 0.239. The highest BCUT2D eigenvalue weighted by atomic mass is 16.3. The molecule has 0 radical (unpaired) electrons. The normalized spacial score (nSPS) is 24.8. The van der Waals surface area contributed by atoms with Crippen molar-refractivity contribution < 1.29 is 10.2 Å². The predicted octanol–water partition coefficient (Wildman–Crippen LogP) is 0.0621. The Hall–Kier alpha value is -1.10. The summed E-state index contributed by atoms with van der Waals surface area (Å²) in [5.41, 5.74) is 1.06. The molecule has 2 unspecified atom stereocenters. The number of rotatable bonds is 4. The van der Waals surface area contributed by atoms with E-state index in [4.69, 9.17) is 0 Å². The third kappa shape index (κ3) is 2.95. The number of phenolic OH excluding ortho intramolecular Hbond substituents is 1. The Balaban J connectivity index is 1.75. The van der Waals surface area contributed by atoms with E-state index in [0.717, 1.165) is 25.2 Å². The average molecular weight is 222 g/mol. The van der Waals surface area contributed by atoms with Gasteiger partial charge in [-0.05, 0) is 17.7 Å². The molecule has 1 aromatic carbocycles. The fourth-order valence-electron chi connectivity index (χ4n) is 2.00. The summed E-state index contributed by atoms with van der Waals surface area (Å²) >= 11 is 0. The number of aliphatic hydroxyl groups is 1. The largest absolute Gasteiger partial charge is 0.508 e. The third-order valence-corrected chi connectivity index (χ3v) is 2.95. The zero-order valence-electron chi connectivity index (χ0n) is 9.19. The van der Waals surface area contributed by atoms with Gasteiger partial charge in [-0.15, -0.1) is 0 Å². The van der Waals surface area contributed by atoms with Gasteiger partial charge >= 0.3 is 0 Å². The van der Waals surface area contributed by atoms with E-state index < -0.39 is 0 Å². The van der Waals surface area contributed by atoms with Crippen LogP contribution >= 0.6 is 0 Å². The second kappa shape index (κ2) is 5.30. The van der Waals surface area contributed by atoms with E-state index in [1.54, 1.807) is 12.1 Å². The molecule has 0 bridgehead atoms. The molecule has 1 aliphatic rings. The molecule has 16 heavy (non-hydrogen) atoms. The molecule has 0 aliphatic carbocycles. The molecule has 2 rings (SSSR count). The van der Waals surface area contributed by atoms with E-state index in [1.807, 2.05) is 12.1 Å². The van der Waals surface area contributed by atoms with Crippen LogP contribution in [-0.4, -0.2) is 36.0 Å². The molecule has 2 atom stereocenters. The van der Waals surface area contributed by atoms with Crippen molar-refractivity contribution >= 4 is 0 Å². The van der Waals surface area contributed by atoms with E-state index in [1.165, 1.54) is 0 Å². The lowest BCUT2D eigenvalue weighted by molar-refractivity contribution is 0.146. The first-order valence-corrected chi connectivity index (χ1v) is 5.63. The Morgan fingerprint density at radius 2 is 2.25 bits per heavy atom. The Bertz CT molecular complexity index is 344. The van der Waals surface area contributed by atoms with Gasteiger partial charge in [-0.1, -0.05) is 12.1 Å². The van der Waals surface area contributed by atoms with Gasteiger partial charge in [0.25, 0.3) is 0 Å². The summed E-state index contributed by atoms with van der Waals surface area (Å²) in [4.78, 5) is 0. The monoisotopic (exact) mass is 222 g/mol. The molecule has 0 spiro atoms. The molecule has 4 nitrogen and oxygen atoms in total. The number of aromatic hydroxyl groups is 1. The molecule has 1 aliphatic heterocycles. The zero-order valence-corrected chi connectivity index (χ0v) is 9.19. The maximum absolute atomic E-state index is 9.59. The van der Waals surface area contributed by atoms with Crippen LogP contribution in [0, 0.1) is 5.92 Å². The van der Waals surface area contributed by atoms with Gasteiger partial charge in [0.2, 0.25) is 0 Å². The van der Waals surface area contributed by atoms with E-state index in [-0.39, 0.29) is 12.0 Å². The summed E-state index contributed by atoms with van der Waals surface area (Å²) in [6.45, 7) is 3.08. The summed E-state index contributed by atoms with van der Waals surface area (Å²) in [6, 6.07) is 7.21. The van der Waals surface area contributed by atoms with E-state index in [0.29, 0.717) is 12.3 Å². The van der Waals surface area contributed by atoms with E-state index in [9.17, 15) is 10.2 Å². The van der Waals surface area contributed by atoms with Gasteiger partial charge < -0.3 is 20.8 Å². The number of phenols is 1. The first kappa shape index (κ1) is 11.4. The maximum Gasteiger partial charge on any atom is 0.115 e. The van der Waals surface area contributed by atoms with Crippen LogP contribution in [-0.2, 0) is 6.54 Å². The van der Waals surface area contributed by atoms with Gasteiger partial charge in [0, 0.05) is 32.1 Å². The first-order chi connectivity index (χ1) is 7.75.